The SMILES string of the molecule is CC1(C)CNCCN1C(=O)c1ccn[nH]1. The first-order valence-electron chi connectivity index (χ1n) is 5.13. The van der Waals surface area contributed by atoms with Gasteiger partial charge in [-0.05, 0) is 19.9 Å². The molecule has 0 radical (unpaired) electrons. The van der Waals surface area contributed by atoms with Gasteiger partial charge in [0.1, 0.15) is 5.69 Å². The van der Waals surface area contributed by atoms with E-state index in [4.69, 9.17) is 0 Å². The van der Waals surface area contributed by atoms with Gasteiger partial charge in [-0.15, -0.1) is 0 Å². The van der Waals surface area contributed by atoms with Gasteiger partial charge in [0.05, 0.1) is 5.54 Å². The standard InChI is InChI=1S/C10H16N4O/c1-10(2)7-11-5-6-14(10)9(15)8-3-4-12-13-8/h3-4,11H,5-7H2,1-2H3,(H,12,13). The molecule has 82 valence electrons. The molecule has 2 heterocycles. The molecular weight excluding hydrogens is 192 g/mol. The monoisotopic (exact) mass is 208 g/mol. The van der Waals surface area contributed by atoms with Crippen LogP contribution in [0.3, 0.4) is 0 Å². The Morgan fingerprint density at radius 2 is 2.40 bits per heavy atom. The Balaban J connectivity index is 2.19. The molecule has 1 fully saturated rings. The highest BCUT2D eigenvalue weighted by Crippen LogP contribution is 2.18. The first-order chi connectivity index (χ1) is 7.11. The Labute approximate surface area is 88.8 Å². The minimum Gasteiger partial charge on any atom is -0.330 e. The molecule has 5 nitrogen and oxygen atoms in total. The number of nitrogens with one attached hydrogen (secondary N) is 2. The number of nitrogens with zero attached hydrogens (tertiary/aromatic N) is 2. The van der Waals surface area contributed by atoms with Crippen molar-refractivity contribution in [2.45, 2.75) is 19.4 Å². The number of carbonyl (C=O) groups is 1. The van der Waals surface area contributed by atoms with Gasteiger partial charge in [0.15, 0.2) is 0 Å². The van der Waals surface area contributed by atoms with Crippen LogP contribution in [0.2, 0.25) is 0 Å². The number of piperazine rings is 1. The van der Waals surface area contributed by atoms with E-state index in [1.54, 1.807) is 12.3 Å². The van der Waals surface area contributed by atoms with Crippen LogP contribution in [0.15, 0.2) is 12.3 Å². The number of aromatic nitrogens is 2. The fraction of sp³-hybridized carbons (Fsp3) is 0.600. The van der Waals surface area contributed by atoms with Gasteiger partial charge in [0.2, 0.25) is 0 Å². The highest BCUT2D eigenvalue weighted by molar-refractivity contribution is 5.92. The lowest BCUT2D eigenvalue weighted by Crippen LogP contribution is -2.59. The molecule has 0 aromatic carbocycles. The Morgan fingerprint density at radius 1 is 1.60 bits per heavy atom. The van der Waals surface area contributed by atoms with Gasteiger partial charge < -0.3 is 10.2 Å². The maximum atomic E-state index is 12.1. The average molecular weight is 208 g/mol. The molecule has 0 saturated carbocycles. The molecule has 2 rings (SSSR count). The summed E-state index contributed by atoms with van der Waals surface area (Å²) >= 11 is 0. The molecule has 2 N–H and O–H groups in total. The molecule has 5 heteroatoms. The van der Waals surface area contributed by atoms with Crippen LogP contribution < -0.4 is 5.32 Å². The fourth-order valence-corrected chi connectivity index (χ4v) is 1.88. The Kier molecular flexibility index (Phi) is 2.48. The van der Waals surface area contributed by atoms with Crippen LogP contribution in [-0.2, 0) is 0 Å². The normalized spacial score (nSPS) is 20.3. The van der Waals surface area contributed by atoms with E-state index in [2.05, 4.69) is 29.4 Å². The third kappa shape index (κ3) is 1.87. The van der Waals surface area contributed by atoms with E-state index in [1.807, 2.05) is 4.90 Å². The number of hydrogen-bond donors (Lipinski definition) is 2. The summed E-state index contributed by atoms with van der Waals surface area (Å²) in [6.45, 7) is 6.54. The van der Waals surface area contributed by atoms with Crippen molar-refractivity contribution in [1.82, 2.24) is 20.4 Å². The summed E-state index contributed by atoms with van der Waals surface area (Å²) in [5.74, 6) is 0.0269. The second-order valence-corrected chi connectivity index (χ2v) is 4.42. The Morgan fingerprint density at radius 3 is 3.00 bits per heavy atom. The molecule has 1 aliphatic heterocycles. The number of rotatable bonds is 1. The molecule has 15 heavy (non-hydrogen) atoms. The van der Waals surface area contributed by atoms with E-state index >= 15 is 0 Å². The molecular formula is C10H16N4O. The number of hydrogen-bond acceptors (Lipinski definition) is 3. The van der Waals surface area contributed by atoms with Crippen LogP contribution in [0.5, 0.6) is 0 Å². The molecule has 1 aliphatic rings. The van der Waals surface area contributed by atoms with Crippen molar-refractivity contribution in [2.75, 3.05) is 19.6 Å². The second-order valence-electron chi connectivity index (χ2n) is 4.42. The predicted molar refractivity (Wildman–Crippen MR) is 56.6 cm³/mol. The van der Waals surface area contributed by atoms with E-state index in [1.165, 1.54) is 0 Å². The topological polar surface area (TPSA) is 61.0 Å². The van der Waals surface area contributed by atoms with Crippen molar-refractivity contribution in [3.05, 3.63) is 18.0 Å². The highest BCUT2D eigenvalue weighted by atomic mass is 16.2. The van der Waals surface area contributed by atoms with Crippen molar-refractivity contribution in [3.63, 3.8) is 0 Å². The van der Waals surface area contributed by atoms with Crippen molar-refractivity contribution in [2.24, 2.45) is 0 Å². The minimum absolute atomic E-state index is 0.0269. The van der Waals surface area contributed by atoms with Gasteiger partial charge in [-0.2, -0.15) is 5.10 Å². The van der Waals surface area contributed by atoms with E-state index in [0.717, 1.165) is 19.6 Å². The number of H-pyrrole nitrogens is 1. The van der Waals surface area contributed by atoms with Crippen molar-refractivity contribution < 1.29 is 4.79 Å². The maximum Gasteiger partial charge on any atom is 0.272 e. The molecule has 0 unspecified atom stereocenters. The lowest BCUT2D eigenvalue weighted by atomic mass is 10.00. The Hall–Kier alpha value is -1.36. The van der Waals surface area contributed by atoms with Gasteiger partial charge in [-0.1, -0.05) is 0 Å². The van der Waals surface area contributed by atoms with Gasteiger partial charge in [0, 0.05) is 25.8 Å². The zero-order valence-corrected chi connectivity index (χ0v) is 9.08. The highest BCUT2D eigenvalue weighted by Gasteiger charge is 2.33. The van der Waals surface area contributed by atoms with Crippen LogP contribution in [0.25, 0.3) is 0 Å². The lowest BCUT2D eigenvalue weighted by molar-refractivity contribution is 0.0471. The largest absolute Gasteiger partial charge is 0.330 e. The molecule has 1 amide bonds. The smallest absolute Gasteiger partial charge is 0.272 e. The molecule has 1 aromatic heterocycles. The zero-order valence-electron chi connectivity index (χ0n) is 9.08. The molecule has 1 saturated heterocycles. The third-order valence-corrected chi connectivity index (χ3v) is 2.78. The summed E-state index contributed by atoms with van der Waals surface area (Å²) in [5, 5.41) is 9.79. The van der Waals surface area contributed by atoms with Gasteiger partial charge in [-0.3, -0.25) is 9.89 Å². The predicted octanol–water partition coefficient (Wildman–Crippen LogP) is 0.234. The average Bonchev–Trinajstić information content (AvgIpc) is 2.69. The fourth-order valence-electron chi connectivity index (χ4n) is 1.88. The quantitative estimate of drug-likeness (QED) is 0.694. The summed E-state index contributed by atoms with van der Waals surface area (Å²) in [4.78, 5) is 14.0. The van der Waals surface area contributed by atoms with Gasteiger partial charge >= 0.3 is 0 Å². The third-order valence-electron chi connectivity index (χ3n) is 2.78. The summed E-state index contributed by atoms with van der Waals surface area (Å²) in [6.07, 6.45) is 1.60. The lowest BCUT2D eigenvalue weighted by Gasteiger charge is -2.42. The minimum atomic E-state index is -0.138. The number of amides is 1. The molecule has 0 aliphatic carbocycles. The van der Waals surface area contributed by atoms with E-state index in [0.29, 0.717) is 5.69 Å². The number of carbonyl (C=O) groups excluding carboxylic acids is 1. The van der Waals surface area contributed by atoms with Crippen molar-refractivity contribution in [3.8, 4) is 0 Å². The van der Waals surface area contributed by atoms with Crippen molar-refractivity contribution in [1.29, 1.82) is 0 Å². The summed E-state index contributed by atoms with van der Waals surface area (Å²) in [7, 11) is 0. The Bertz CT molecular complexity index is 344. The summed E-state index contributed by atoms with van der Waals surface area (Å²) < 4.78 is 0. The van der Waals surface area contributed by atoms with Crippen LogP contribution in [0.4, 0.5) is 0 Å². The van der Waals surface area contributed by atoms with E-state index in [-0.39, 0.29) is 11.4 Å². The summed E-state index contributed by atoms with van der Waals surface area (Å²) in [5.41, 5.74) is 0.422. The molecule has 0 bridgehead atoms. The van der Waals surface area contributed by atoms with Crippen LogP contribution in [0, 0.1) is 0 Å². The van der Waals surface area contributed by atoms with Crippen LogP contribution in [-0.4, -0.2) is 46.2 Å². The first-order valence-corrected chi connectivity index (χ1v) is 5.13. The zero-order chi connectivity index (χ0) is 10.9. The van der Waals surface area contributed by atoms with Crippen LogP contribution in [0.1, 0.15) is 24.3 Å². The first kappa shape index (κ1) is 10.2. The maximum absolute atomic E-state index is 12.1. The van der Waals surface area contributed by atoms with Crippen LogP contribution >= 0.6 is 0 Å². The molecule has 0 spiro atoms. The van der Waals surface area contributed by atoms with Crippen molar-refractivity contribution >= 4 is 5.91 Å². The molecule has 0 atom stereocenters. The number of aromatic amines is 1. The van der Waals surface area contributed by atoms with E-state index < -0.39 is 0 Å². The van der Waals surface area contributed by atoms with E-state index in [9.17, 15) is 4.79 Å². The van der Waals surface area contributed by atoms with Gasteiger partial charge in [0.25, 0.3) is 5.91 Å². The summed E-state index contributed by atoms with van der Waals surface area (Å²) in [6, 6.07) is 1.71. The molecule has 1 aromatic rings. The van der Waals surface area contributed by atoms with Gasteiger partial charge in [-0.25, -0.2) is 0 Å². The second kappa shape index (κ2) is 3.66.